The van der Waals surface area contributed by atoms with Gasteiger partial charge in [-0.1, -0.05) is 42.5 Å². The van der Waals surface area contributed by atoms with Gasteiger partial charge in [-0.15, -0.1) is 0 Å². The second-order valence-electron chi connectivity index (χ2n) is 6.68. The lowest BCUT2D eigenvalue weighted by Gasteiger charge is -2.31. The molecule has 0 aliphatic carbocycles. The molecule has 0 radical (unpaired) electrons. The van der Waals surface area contributed by atoms with E-state index in [4.69, 9.17) is 0 Å². The Morgan fingerprint density at radius 3 is 2.34 bits per heavy atom. The van der Waals surface area contributed by atoms with E-state index < -0.39 is 28.7 Å². The molecule has 1 heterocycles. The number of nitrogens with zero attached hydrogens (tertiary/aromatic N) is 2. The summed E-state index contributed by atoms with van der Waals surface area (Å²) in [6.45, 7) is 0. The lowest BCUT2D eigenvalue weighted by molar-refractivity contribution is -0.384. The minimum Gasteiger partial charge on any atom is -0.480 e. The summed E-state index contributed by atoms with van der Waals surface area (Å²) in [6.07, 6.45) is -0.0755. The zero-order valence-corrected chi connectivity index (χ0v) is 14.9. The molecule has 0 spiro atoms. The molecule has 8 nitrogen and oxygen atoms in total. The van der Waals surface area contributed by atoms with Gasteiger partial charge in [-0.3, -0.25) is 24.6 Å². The van der Waals surface area contributed by atoms with E-state index in [9.17, 15) is 29.6 Å². The van der Waals surface area contributed by atoms with E-state index in [-0.39, 0.29) is 23.2 Å². The van der Waals surface area contributed by atoms with E-state index in [1.807, 2.05) is 0 Å². The maximum Gasteiger partial charge on any atom is 0.327 e. The summed E-state index contributed by atoms with van der Waals surface area (Å²) in [7, 11) is 0. The molecule has 0 fully saturated rings. The predicted molar refractivity (Wildman–Crippen MR) is 103 cm³/mol. The third-order valence-corrected chi connectivity index (χ3v) is 4.94. The van der Waals surface area contributed by atoms with Crippen LogP contribution in [0.4, 0.5) is 5.69 Å². The van der Waals surface area contributed by atoms with Crippen LogP contribution in [0.1, 0.15) is 26.3 Å². The zero-order valence-electron chi connectivity index (χ0n) is 14.9. The summed E-state index contributed by atoms with van der Waals surface area (Å²) in [5, 5.41) is 21.7. The van der Waals surface area contributed by atoms with E-state index in [1.54, 1.807) is 42.5 Å². The number of carboxylic acids is 1. The fraction of sp³-hybridized carbons (Fsp3) is 0.0952. The van der Waals surface area contributed by atoms with Gasteiger partial charge in [0, 0.05) is 29.5 Å². The number of carboxylic acid groups (broad SMARTS) is 1. The first-order chi connectivity index (χ1) is 13.9. The average Bonchev–Trinajstić information content (AvgIpc) is 2.71. The highest BCUT2D eigenvalue weighted by Crippen LogP contribution is 2.34. The van der Waals surface area contributed by atoms with Crippen molar-refractivity contribution in [3.63, 3.8) is 0 Å². The van der Waals surface area contributed by atoms with Crippen LogP contribution in [-0.2, 0) is 11.2 Å². The summed E-state index contributed by atoms with van der Waals surface area (Å²) in [6, 6.07) is 14.2. The predicted octanol–water partition coefficient (Wildman–Crippen LogP) is 3.04. The number of benzene rings is 3. The summed E-state index contributed by atoms with van der Waals surface area (Å²) in [4.78, 5) is 49.5. The smallest absolute Gasteiger partial charge is 0.327 e. The summed E-state index contributed by atoms with van der Waals surface area (Å²) < 4.78 is 0. The van der Waals surface area contributed by atoms with E-state index in [0.29, 0.717) is 21.2 Å². The zero-order chi connectivity index (χ0) is 20.7. The van der Waals surface area contributed by atoms with Gasteiger partial charge in [0.25, 0.3) is 17.5 Å². The highest BCUT2D eigenvalue weighted by molar-refractivity contribution is 6.26. The van der Waals surface area contributed by atoms with Crippen molar-refractivity contribution in [1.29, 1.82) is 0 Å². The van der Waals surface area contributed by atoms with Gasteiger partial charge < -0.3 is 5.11 Å². The summed E-state index contributed by atoms with van der Waals surface area (Å²) in [5.41, 5.74) is 0.431. The Morgan fingerprint density at radius 1 is 1.00 bits per heavy atom. The minimum atomic E-state index is -1.44. The first-order valence-electron chi connectivity index (χ1n) is 8.74. The first-order valence-corrected chi connectivity index (χ1v) is 8.74. The quantitative estimate of drug-likeness (QED) is 0.406. The number of nitro benzene ring substituents is 1. The fourth-order valence-electron chi connectivity index (χ4n) is 3.63. The number of non-ortho nitro benzene ring substituents is 1. The molecule has 0 aromatic heterocycles. The fourth-order valence-corrected chi connectivity index (χ4v) is 3.63. The molecule has 4 rings (SSSR count). The van der Waals surface area contributed by atoms with Crippen molar-refractivity contribution >= 4 is 34.2 Å². The van der Waals surface area contributed by atoms with E-state index >= 15 is 0 Å². The molecule has 0 saturated carbocycles. The van der Waals surface area contributed by atoms with Gasteiger partial charge in [0.15, 0.2) is 0 Å². The number of carbonyl (C=O) groups is 3. The molecule has 3 aromatic carbocycles. The molecule has 3 aromatic rings. The molecule has 1 atom stereocenters. The number of hydrogen-bond acceptors (Lipinski definition) is 5. The van der Waals surface area contributed by atoms with Crippen LogP contribution in [0.2, 0.25) is 0 Å². The molecular formula is C21H14N2O6. The Bertz CT molecular complexity index is 1190. The molecule has 0 bridgehead atoms. The Balaban J connectivity index is 1.87. The second-order valence-corrected chi connectivity index (χ2v) is 6.68. The summed E-state index contributed by atoms with van der Waals surface area (Å²) >= 11 is 0. The number of imide groups is 1. The van der Waals surface area contributed by atoms with E-state index in [0.717, 1.165) is 6.07 Å². The molecule has 2 amide bonds. The van der Waals surface area contributed by atoms with Gasteiger partial charge in [-0.25, -0.2) is 4.79 Å². The van der Waals surface area contributed by atoms with Crippen LogP contribution in [0.3, 0.4) is 0 Å². The lowest BCUT2D eigenvalue weighted by atomic mass is 9.91. The summed E-state index contributed by atoms with van der Waals surface area (Å²) in [5.74, 6) is -2.92. The van der Waals surface area contributed by atoms with Crippen molar-refractivity contribution in [2.75, 3.05) is 0 Å². The maximum absolute atomic E-state index is 13.1. The number of rotatable bonds is 5. The van der Waals surface area contributed by atoms with Gasteiger partial charge in [0.05, 0.1) is 10.5 Å². The molecule has 1 aliphatic rings. The molecule has 0 unspecified atom stereocenters. The number of hydrogen-bond donors (Lipinski definition) is 1. The van der Waals surface area contributed by atoms with Crippen molar-refractivity contribution in [3.8, 4) is 0 Å². The van der Waals surface area contributed by atoms with Crippen LogP contribution >= 0.6 is 0 Å². The Labute approximate surface area is 164 Å². The highest BCUT2D eigenvalue weighted by atomic mass is 16.6. The second kappa shape index (κ2) is 6.83. The molecule has 0 saturated heterocycles. The number of nitro groups is 1. The Hall–Kier alpha value is -4.07. The molecule has 29 heavy (non-hydrogen) atoms. The van der Waals surface area contributed by atoms with Crippen molar-refractivity contribution < 1.29 is 24.4 Å². The molecule has 1 aliphatic heterocycles. The van der Waals surface area contributed by atoms with Gasteiger partial charge >= 0.3 is 5.97 Å². The molecule has 8 heteroatoms. The van der Waals surface area contributed by atoms with E-state index in [1.165, 1.54) is 12.1 Å². The number of aliphatic carboxylic acids is 1. The van der Waals surface area contributed by atoms with Crippen molar-refractivity contribution in [1.82, 2.24) is 4.90 Å². The molecule has 1 N–H and O–H groups in total. The Kier molecular flexibility index (Phi) is 4.31. The monoisotopic (exact) mass is 390 g/mol. The van der Waals surface area contributed by atoms with Gasteiger partial charge in [0.1, 0.15) is 6.04 Å². The number of carbonyl (C=O) groups excluding carboxylic acids is 2. The third-order valence-electron chi connectivity index (χ3n) is 4.94. The van der Waals surface area contributed by atoms with Gasteiger partial charge in [-0.2, -0.15) is 0 Å². The molecular weight excluding hydrogens is 376 g/mol. The van der Waals surface area contributed by atoms with Gasteiger partial charge in [-0.05, 0) is 17.0 Å². The minimum absolute atomic E-state index is 0.0521. The van der Waals surface area contributed by atoms with Crippen LogP contribution in [0.25, 0.3) is 10.8 Å². The van der Waals surface area contributed by atoms with Crippen LogP contribution < -0.4 is 0 Å². The largest absolute Gasteiger partial charge is 0.480 e. The lowest BCUT2D eigenvalue weighted by Crippen LogP contribution is -2.51. The maximum atomic E-state index is 13.1. The van der Waals surface area contributed by atoms with Crippen LogP contribution in [0, 0.1) is 10.1 Å². The van der Waals surface area contributed by atoms with E-state index in [2.05, 4.69) is 0 Å². The molecule has 144 valence electrons. The van der Waals surface area contributed by atoms with Gasteiger partial charge in [0.2, 0.25) is 0 Å². The normalized spacial score (nSPS) is 14.1. The first kappa shape index (κ1) is 18.3. The third kappa shape index (κ3) is 3.00. The van der Waals surface area contributed by atoms with Crippen molar-refractivity contribution in [2.24, 2.45) is 0 Å². The van der Waals surface area contributed by atoms with Crippen molar-refractivity contribution in [2.45, 2.75) is 12.5 Å². The number of amides is 2. The average molecular weight is 390 g/mol. The SMILES string of the molecule is O=C(O)[C@@H](Cc1ccccc1)N1C(=O)c2cccc3cc([N+](=O)[O-])cc(c23)C1=O. The topological polar surface area (TPSA) is 118 Å². The van der Waals surface area contributed by atoms with Crippen LogP contribution in [0.15, 0.2) is 60.7 Å². The highest BCUT2D eigenvalue weighted by Gasteiger charge is 2.41. The van der Waals surface area contributed by atoms with Crippen LogP contribution in [-0.4, -0.2) is 38.8 Å². The van der Waals surface area contributed by atoms with Crippen molar-refractivity contribution in [3.05, 3.63) is 87.5 Å². The Morgan fingerprint density at radius 2 is 1.69 bits per heavy atom. The standard InChI is InChI=1S/C21H14N2O6/c24-19-15-8-4-7-13-10-14(23(28)29)11-16(18(13)15)20(25)22(19)17(21(26)27)9-12-5-2-1-3-6-12/h1-8,10-11,17H,9H2,(H,26,27)/t17-/m1/s1. The van der Waals surface area contributed by atoms with Crippen LogP contribution in [0.5, 0.6) is 0 Å².